The van der Waals surface area contributed by atoms with Crippen LogP contribution in [0.25, 0.3) is 0 Å². The number of carboxylic acids is 1. The van der Waals surface area contributed by atoms with Gasteiger partial charge in [0.05, 0.1) is 6.10 Å². The van der Waals surface area contributed by atoms with Crippen molar-refractivity contribution in [1.29, 1.82) is 0 Å². The molecular weight excluding hydrogens is 316 g/mol. The third-order valence-corrected chi connectivity index (χ3v) is 3.62. The molecule has 2 amide bonds. The number of nitrogens with one attached hydrogen (secondary N) is 1. The van der Waals surface area contributed by atoms with Gasteiger partial charge in [-0.05, 0) is 26.2 Å². The van der Waals surface area contributed by atoms with Crippen molar-refractivity contribution in [3.63, 3.8) is 0 Å². The number of carboxylic acid groups (broad SMARTS) is 1. The van der Waals surface area contributed by atoms with Crippen molar-refractivity contribution in [3.8, 4) is 0 Å². The van der Waals surface area contributed by atoms with Crippen LogP contribution in [-0.2, 0) is 14.3 Å². The molecule has 0 spiro atoms. The maximum Gasteiger partial charge on any atom is 0.408 e. The molecule has 0 radical (unpaired) electrons. The Balaban J connectivity index is 2.98. The maximum atomic E-state index is 12.8. The summed E-state index contributed by atoms with van der Waals surface area (Å²) >= 11 is 0. The Morgan fingerprint density at radius 2 is 1.71 bits per heavy atom. The number of carbonyl (C=O) groups excluding carboxylic acids is 2. The lowest BCUT2D eigenvalue weighted by molar-refractivity contribution is -0.150. The average Bonchev–Trinajstić information content (AvgIpc) is 2.74. The maximum absolute atomic E-state index is 12.8. The van der Waals surface area contributed by atoms with Crippen molar-refractivity contribution in [1.82, 2.24) is 10.2 Å². The number of aliphatic hydroxyl groups is 1. The lowest BCUT2D eigenvalue weighted by Gasteiger charge is -2.35. The van der Waals surface area contributed by atoms with E-state index in [2.05, 4.69) is 5.32 Å². The first-order chi connectivity index (χ1) is 10.7. The highest BCUT2D eigenvalue weighted by molar-refractivity contribution is 5.90. The molecule has 3 atom stereocenters. The molecule has 1 aliphatic rings. The number of nitrogens with zero attached hydrogens (tertiary/aromatic N) is 1. The molecule has 0 saturated carbocycles. The molecule has 1 fully saturated rings. The molecular formula is C16H28N2O6. The Labute approximate surface area is 142 Å². The van der Waals surface area contributed by atoms with E-state index in [1.54, 1.807) is 41.5 Å². The van der Waals surface area contributed by atoms with Crippen LogP contribution in [0.15, 0.2) is 0 Å². The third-order valence-electron chi connectivity index (χ3n) is 3.62. The summed E-state index contributed by atoms with van der Waals surface area (Å²) < 4.78 is 5.19. The number of alkyl carbamates (subject to hydrolysis) is 1. The highest BCUT2D eigenvalue weighted by Crippen LogP contribution is 2.26. The Hall–Kier alpha value is -1.83. The van der Waals surface area contributed by atoms with Crippen LogP contribution in [0.5, 0.6) is 0 Å². The van der Waals surface area contributed by atoms with Crippen LogP contribution in [0.3, 0.4) is 0 Å². The minimum absolute atomic E-state index is 0.0234. The van der Waals surface area contributed by atoms with E-state index in [1.165, 1.54) is 0 Å². The first-order valence-electron chi connectivity index (χ1n) is 7.93. The first kappa shape index (κ1) is 20.2. The lowest BCUT2D eigenvalue weighted by Crippen LogP contribution is -2.57. The van der Waals surface area contributed by atoms with E-state index in [0.29, 0.717) is 0 Å². The van der Waals surface area contributed by atoms with Crippen molar-refractivity contribution < 1.29 is 29.3 Å². The quantitative estimate of drug-likeness (QED) is 0.702. The number of β-amino-alcohol motifs (C(OH)–C–C–N with tert-alkyl or cyclic N) is 1. The standard InChI is InChI=1S/C16H28N2O6/c1-15(2,3)11(17-14(23)24-16(4,5)6)12(20)18-8-9(19)7-10(18)13(21)22/h9-11,19H,7-8H2,1-6H3,(H,17,23)(H,21,22)/t9-,10+,11-/m1/s1. The van der Waals surface area contributed by atoms with E-state index in [1.807, 2.05) is 0 Å². The fourth-order valence-corrected chi connectivity index (χ4v) is 2.53. The van der Waals surface area contributed by atoms with Crippen LogP contribution in [0.2, 0.25) is 0 Å². The Morgan fingerprint density at radius 1 is 1.17 bits per heavy atom. The molecule has 0 aromatic rings. The predicted octanol–water partition coefficient (Wildman–Crippen LogP) is 0.972. The molecule has 8 heteroatoms. The summed E-state index contributed by atoms with van der Waals surface area (Å²) in [6, 6.07) is -2.07. The second-order valence-corrected chi connectivity index (χ2v) is 8.18. The molecule has 1 rings (SSSR count). The van der Waals surface area contributed by atoms with Gasteiger partial charge in [-0.3, -0.25) is 4.79 Å². The van der Waals surface area contributed by atoms with E-state index in [9.17, 15) is 24.6 Å². The Kier molecular flexibility index (Phi) is 5.86. The molecule has 1 saturated heterocycles. The van der Waals surface area contributed by atoms with Gasteiger partial charge in [-0.2, -0.15) is 0 Å². The zero-order chi connectivity index (χ0) is 18.9. The van der Waals surface area contributed by atoms with Crippen molar-refractivity contribution >= 4 is 18.0 Å². The SMILES string of the molecule is CC(C)(C)OC(=O)N[C@H](C(=O)N1C[C@H](O)C[C@H]1C(=O)O)C(C)(C)C. The van der Waals surface area contributed by atoms with Crippen molar-refractivity contribution in [3.05, 3.63) is 0 Å². The highest BCUT2D eigenvalue weighted by atomic mass is 16.6. The highest BCUT2D eigenvalue weighted by Gasteiger charge is 2.44. The van der Waals surface area contributed by atoms with Crippen LogP contribution >= 0.6 is 0 Å². The van der Waals surface area contributed by atoms with Crippen LogP contribution < -0.4 is 5.32 Å². The fraction of sp³-hybridized carbons (Fsp3) is 0.812. The Morgan fingerprint density at radius 3 is 2.12 bits per heavy atom. The zero-order valence-electron chi connectivity index (χ0n) is 15.1. The summed E-state index contributed by atoms with van der Waals surface area (Å²) in [6.45, 7) is 10.3. The summed E-state index contributed by atoms with van der Waals surface area (Å²) in [7, 11) is 0. The summed E-state index contributed by atoms with van der Waals surface area (Å²) in [5, 5.41) is 21.5. The number of hydrogen-bond donors (Lipinski definition) is 3. The molecule has 1 aliphatic heterocycles. The van der Waals surface area contributed by atoms with E-state index >= 15 is 0 Å². The zero-order valence-corrected chi connectivity index (χ0v) is 15.1. The summed E-state index contributed by atoms with van der Waals surface area (Å²) in [6.07, 6.45) is -1.66. The molecule has 0 aromatic heterocycles. The van der Waals surface area contributed by atoms with Crippen LogP contribution in [0.1, 0.15) is 48.0 Å². The second kappa shape index (κ2) is 6.96. The number of carbonyl (C=O) groups is 3. The molecule has 3 N–H and O–H groups in total. The van der Waals surface area contributed by atoms with Crippen molar-refractivity contribution in [2.45, 2.75) is 71.8 Å². The topological polar surface area (TPSA) is 116 Å². The van der Waals surface area contributed by atoms with Gasteiger partial charge in [0.25, 0.3) is 0 Å². The minimum Gasteiger partial charge on any atom is -0.480 e. The van der Waals surface area contributed by atoms with Crippen LogP contribution in [-0.4, -0.2) is 63.4 Å². The van der Waals surface area contributed by atoms with Gasteiger partial charge in [-0.1, -0.05) is 20.8 Å². The van der Waals surface area contributed by atoms with Gasteiger partial charge in [-0.15, -0.1) is 0 Å². The van der Waals surface area contributed by atoms with E-state index < -0.39 is 47.2 Å². The summed E-state index contributed by atoms with van der Waals surface area (Å²) in [4.78, 5) is 37.3. The van der Waals surface area contributed by atoms with Gasteiger partial charge >= 0.3 is 12.1 Å². The summed E-state index contributed by atoms with van der Waals surface area (Å²) in [5.74, 6) is -1.72. The number of hydrogen-bond acceptors (Lipinski definition) is 5. The van der Waals surface area contributed by atoms with E-state index in [4.69, 9.17) is 4.74 Å². The van der Waals surface area contributed by atoms with Gasteiger partial charge < -0.3 is 25.2 Å². The molecule has 8 nitrogen and oxygen atoms in total. The lowest BCUT2D eigenvalue weighted by atomic mass is 9.85. The average molecular weight is 344 g/mol. The number of amides is 2. The number of likely N-dealkylation sites (tertiary alicyclic amines) is 1. The molecule has 0 aliphatic carbocycles. The second-order valence-electron chi connectivity index (χ2n) is 8.18. The Bertz CT molecular complexity index is 506. The molecule has 138 valence electrons. The molecule has 0 unspecified atom stereocenters. The van der Waals surface area contributed by atoms with Gasteiger partial charge in [0.15, 0.2) is 0 Å². The molecule has 24 heavy (non-hydrogen) atoms. The normalized spacial score (nSPS) is 22.9. The fourth-order valence-electron chi connectivity index (χ4n) is 2.53. The van der Waals surface area contributed by atoms with Crippen molar-refractivity contribution in [2.75, 3.05) is 6.54 Å². The molecule has 0 bridgehead atoms. The largest absolute Gasteiger partial charge is 0.480 e. The van der Waals surface area contributed by atoms with Crippen LogP contribution in [0.4, 0.5) is 4.79 Å². The number of ether oxygens (including phenoxy) is 1. The summed E-state index contributed by atoms with van der Waals surface area (Å²) in [5.41, 5.74) is -1.38. The van der Waals surface area contributed by atoms with Gasteiger partial charge in [0.1, 0.15) is 17.7 Å². The van der Waals surface area contributed by atoms with Gasteiger partial charge in [-0.25, -0.2) is 9.59 Å². The number of aliphatic hydroxyl groups excluding tert-OH is 1. The van der Waals surface area contributed by atoms with E-state index in [-0.39, 0.29) is 13.0 Å². The van der Waals surface area contributed by atoms with Crippen LogP contribution in [0, 0.1) is 5.41 Å². The molecule has 0 aromatic carbocycles. The third kappa shape index (κ3) is 5.36. The monoisotopic (exact) mass is 344 g/mol. The van der Waals surface area contributed by atoms with E-state index in [0.717, 1.165) is 4.90 Å². The van der Waals surface area contributed by atoms with Gasteiger partial charge in [0.2, 0.25) is 5.91 Å². The molecule has 1 heterocycles. The van der Waals surface area contributed by atoms with Crippen molar-refractivity contribution in [2.24, 2.45) is 5.41 Å². The van der Waals surface area contributed by atoms with Gasteiger partial charge in [0, 0.05) is 13.0 Å². The first-order valence-corrected chi connectivity index (χ1v) is 7.93. The smallest absolute Gasteiger partial charge is 0.408 e. The predicted molar refractivity (Wildman–Crippen MR) is 86.4 cm³/mol. The number of rotatable bonds is 3. The number of aliphatic carboxylic acids is 1. The minimum atomic E-state index is -1.18.